The fourth-order valence-electron chi connectivity index (χ4n) is 3.67. The summed E-state index contributed by atoms with van der Waals surface area (Å²) in [4.78, 5) is 0.956. The van der Waals surface area contributed by atoms with Crippen molar-refractivity contribution in [1.82, 2.24) is 0 Å². The van der Waals surface area contributed by atoms with E-state index < -0.39 is 5.41 Å². The van der Waals surface area contributed by atoms with Gasteiger partial charge in [0.2, 0.25) is 0 Å². The van der Waals surface area contributed by atoms with Gasteiger partial charge in [0, 0.05) is 20.6 Å². The van der Waals surface area contributed by atoms with Gasteiger partial charge in [-0.3, -0.25) is 0 Å². The van der Waals surface area contributed by atoms with E-state index in [-0.39, 0.29) is 17.5 Å². The fraction of sp³-hybridized carbons (Fsp3) is 0.353. The van der Waals surface area contributed by atoms with Crippen LogP contribution in [0.1, 0.15) is 30.1 Å². The van der Waals surface area contributed by atoms with Crippen molar-refractivity contribution in [3.05, 3.63) is 43.7 Å². The Hall–Kier alpha value is -2.07. The van der Waals surface area contributed by atoms with Gasteiger partial charge in [-0.05, 0) is 52.7 Å². The molecule has 0 fully saturated rings. The van der Waals surface area contributed by atoms with Crippen molar-refractivity contribution < 1.29 is 0 Å². The molecule has 0 aliphatic heterocycles. The molecule has 114 valence electrons. The summed E-state index contributed by atoms with van der Waals surface area (Å²) in [5.41, 5.74) is 6.04. The van der Waals surface area contributed by atoms with Crippen LogP contribution in [0, 0.1) is 45.3 Å². The largest absolute Gasteiger partial charge is 0.399 e. The third-order valence-electron chi connectivity index (χ3n) is 4.69. The third-order valence-corrected chi connectivity index (χ3v) is 6.47. The number of hydrogen-bond donors (Lipinski definition) is 1. The Morgan fingerprint density at radius 2 is 2.04 bits per heavy atom. The predicted octanol–water partition coefficient (Wildman–Crippen LogP) is 4.10. The Morgan fingerprint density at radius 1 is 1.30 bits per heavy atom. The van der Waals surface area contributed by atoms with Crippen molar-refractivity contribution in [2.75, 3.05) is 0 Å². The van der Waals surface area contributed by atoms with Crippen LogP contribution in [0.2, 0.25) is 0 Å². The molecule has 2 N–H and O–H groups in total. The summed E-state index contributed by atoms with van der Waals surface area (Å²) in [7, 11) is 0. The lowest BCUT2D eigenvalue weighted by atomic mass is 9.58. The molecule has 23 heavy (non-hydrogen) atoms. The van der Waals surface area contributed by atoms with Gasteiger partial charge in [0.15, 0.2) is 5.41 Å². The van der Waals surface area contributed by atoms with Crippen molar-refractivity contribution in [3.8, 4) is 18.2 Å². The molecule has 0 aromatic carbocycles. The lowest BCUT2D eigenvalue weighted by Gasteiger charge is -2.42. The van der Waals surface area contributed by atoms with Crippen molar-refractivity contribution >= 4 is 27.3 Å². The molecule has 1 aromatic rings. The van der Waals surface area contributed by atoms with Crippen LogP contribution in [0.15, 0.2) is 38.8 Å². The van der Waals surface area contributed by atoms with Gasteiger partial charge in [0.25, 0.3) is 0 Å². The minimum Gasteiger partial charge on any atom is -0.399 e. The molecule has 6 heteroatoms. The third kappa shape index (κ3) is 2.20. The van der Waals surface area contributed by atoms with Crippen molar-refractivity contribution in [1.29, 1.82) is 15.8 Å². The maximum absolute atomic E-state index is 9.83. The van der Waals surface area contributed by atoms with Crippen molar-refractivity contribution in [2.45, 2.75) is 25.2 Å². The minimum atomic E-state index is -1.49. The summed E-state index contributed by atoms with van der Waals surface area (Å²) in [6.45, 7) is 0. The molecule has 1 aromatic heterocycles. The zero-order valence-electron chi connectivity index (χ0n) is 12.2. The normalized spacial score (nSPS) is 25.6. The Labute approximate surface area is 147 Å². The van der Waals surface area contributed by atoms with Crippen molar-refractivity contribution in [3.63, 3.8) is 0 Å². The van der Waals surface area contributed by atoms with Gasteiger partial charge in [0.1, 0.15) is 6.07 Å². The quantitative estimate of drug-likeness (QED) is 0.787. The highest BCUT2D eigenvalue weighted by Crippen LogP contribution is 2.56. The number of nitrogens with two attached hydrogens (primary N) is 1. The summed E-state index contributed by atoms with van der Waals surface area (Å²) in [6.07, 6.45) is 4.80. The highest BCUT2D eigenvalue weighted by molar-refractivity contribution is 9.10. The van der Waals surface area contributed by atoms with E-state index in [2.05, 4.69) is 34.1 Å². The molecular weight excluding hydrogens is 372 g/mol. The van der Waals surface area contributed by atoms with Crippen LogP contribution in [0.5, 0.6) is 0 Å². The molecular formula is C17H13BrN4S. The number of fused-ring (bicyclic) bond motifs is 1. The van der Waals surface area contributed by atoms with Gasteiger partial charge in [-0.2, -0.15) is 15.8 Å². The maximum atomic E-state index is 9.83. The summed E-state index contributed by atoms with van der Waals surface area (Å²) < 4.78 is 0.928. The summed E-state index contributed by atoms with van der Waals surface area (Å²) in [5.74, 6) is -0.354. The number of thiophene rings is 1. The average Bonchev–Trinajstić information content (AvgIpc) is 3.00. The van der Waals surface area contributed by atoms with Crippen LogP contribution in [-0.4, -0.2) is 0 Å². The predicted molar refractivity (Wildman–Crippen MR) is 90.7 cm³/mol. The van der Waals surface area contributed by atoms with E-state index >= 15 is 0 Å². The first kappa shape index (κ1) is 15.8. The SMILES string of the molecule is N#CC1=C(N)C(C#N)(C#N)[C@@H](c2cc(Br)cs2)[C@H]2CCCC=C12. The van der Waals surface area contributed by atoms with E-state index in [1.54, 1.807) is 0 Å². The van der Waals surface area contributed by atoms with Crippen LogP contribution in [0.3, 0.4) is 0 Å². The van der Waals surface area contributed by atoms with Gasteiger partial charge < -0.3 is 5.73 Å². The van der Waals surface area contributed by atoms with Crippen LogP contribution in [-0.2, 0) is 0 Å². The molecule has 2 aliphatic rings. The number of halogens is 1. The monoisotopic (exact) mass is 384 g/mol. The first-order valence-electron chi connectivity index (χ1n) is 7.26. The summed E-state index contributed by atoms with van der Waals surface area (Å²) >= 11 is 4.96. The fourth-order valence-corrected chi connectivity index (χ4v) is 5.35. The molecule has 0 amide bonds. The van der Waals surface area contributed by atoms with E-state index in [1.165, 1.54) is 11.3 Å². The molecule has 0 saturated heterocycles. The standard InChI is InChI=1S/C17H13BrN4S/c18-10-5-14(23-7-10)15-12-4-2-1-3-11(12)13(6-19)16(22)17(15,8-20)9-21/h3,5,7,12,15H,1-2,4,22H2/t12-,15+/m0/s1. The molecule has 0 saturated carbocycles. The zero-order valence-corrected chi connectivity index (χ0v) is 14.6. The van der Waals surface area contributed by atoms with Gasteiger partial charge in [-0.1, -0.05) is 6.08 Å². The number of hydrogen-bond acceptors (Lipinski definition) is 5. The zero-order chi connectivity index (χ0) is 16.6. The van der Waals surface area contributed by atoms with Gasteiger partial charge in [0.05, 0.1) is 23.4 Å². The lowest BCUT2D eigenvalue weighted by molar-refractivity contribution is 0.321. The van der Waals surface area contributed by atoms with Crippen molar-refractivity contribution in [2.24, 2.45) is 17.1 Å². The second-order valence-corrected chi connectivity index (χ2v) is 7.63. The Balaban J connectivity index is 2.33. The molecule has 4 nitrogen and oxygen atoms in total. The van der Waals surface area contributed by atoms with E-state index in [9.17, 15) is 15.8 Å². The van der Waals surface area contributed by atoms with Crippen LogP contribution in [0.4, 0.5) is 0 Å². The number of rotatable bonds is 1. The van der Waals surface area contributed by atoms with E-state index in [0.717, 1.165) is 34.2 Å². The Morgan fingerprint density at radius 3 is 2.61 bits per heavy atom. The van der Waals surface area contributed by atoms with Gasteiger partial charge >= 0.3 is 0 Å². The smallest absolute Gasteiger partial charge is 0.192 e. The molecule has 1 heterocycles. The highest BCUT2D eigenvalue weighted by Gasteiger charge is 2.54. The first-order chi connectivity index (χ1) is 11.1. The molecule has 0 spiro atoms. The second kappa shape index (κ2) is 5.85. The molecule has 3 rings (SSSR count). The first-order valence-corrected chi connectivity index (χ1v) is 8.93. The summed E-state index contributed by atoms with van der Waals surface area (Å²) in [6, 6.07) is 8.37. The van der Waals surface area contributed by atoms with E-state index in [1.807, 2.05) is 17.5 Å². The van der Waals surface area contributed by atoms with E-state index in [0.29, 0.717) is 5.57 Å². The molecule has 0 unspecified atom stereocenters. The molecule has 2 aliphatic carbocycles. The second-order valence-electron chi connectivity index (χ2n) is 5.77. The number of nitriles is 3. The summed E-state index contributed by atoms with van der Waals surface area (Å²) in [5, 5.41) is 31.1. The van der Waals surface area contributed by atoms with Crippen LogP contribution < -0.4 is 5.73 Å². The lowest BCUT2D eigenvalue weighted by Crippen LogP contribution is -2.42. The van der Waals surface area contributed by atoms with Crippen LogP contribution >= 0.6 is 27.3 Å². The Bertz CT molecular complexity index is 829. The van der Waals surface area contributed by atoms with E-state index in [4.69, 9.17) is 5.73 Å². The topological polar surface area (TPSA) is 97.4 Å². The van der Waals surface area contributed by atoms with Crippen LogP contribution in [0.25, 0.3) is 0 Å². The maximum Gasteiger partial charge on any atom is 0.192 e. The highest BCUT2D eigenvalue weighted by atomic mass is 79.9. The minimum absolute atomic E-state index is 0.0180. The number of allylic oxidation sites excluding steroid dienone is 4. The number of nitrogens with zero attached hydrogens (tertiary/aromatic N) is 3. The molecule has 0 bridgehead atoms. The molecule has 2 atom stereocenters. The average molecular weight is 385 g/mol. The van der Waals surface area contributed by atoms with Gasteiger partial charge in [-0.15, -0.1) is 11.3 Å². The molecule has 0 radical (unpaired) electrons. The van der Waals surface area contributed by atoms with Gasteiger partial charge in [-0.25, -0.2) is 0 Å². The Kier molecular flexibility index (Phi) is 4.02.